The predicted octanol–water partition coefficient (Wildman–Crippen LogP) is 4.95. The number of aromatic nitrogens is 3. The summed E-state index contributed by atoms with van der Waals surface area (Å²) in [7, 11) is -3.99. The first kappa shape index (κ1) is 25.5. The highest BCUT2D eigenvalue weighted by Gasteiger charge is 2.25. The minimum absolute atomic E-state index is 0.0765. The number of thioether (sulfide) groups is 1. The second-order valence-electron chi connectivity index (χ2n) is 8.02. The van der Waals surface area contributed by atoms with Crippen molar-refractivity contribution in [3.63, 3.8) is 0 Å². The molecule has 0 aliphatic carbocycles. The minimum Gasteiger partial charge on any atom is -0.273 e. The third-order valence-corrected chi connectivity index (χ3v) is 7.83. The van der Waals surface area contributed by atoms with Crippen molar-refractivity contribution in [1.82, 2.24) is 19.5 Å². The van der Waals surface area contributed by atoms with Crippen molar-refractivity contribution in [1.29, 1.82) is 0 Å². The van der Waals surface area contributed by atoms with Crippen molar-refractivity contribution in [2.24, 2.45) is 0 Å². The van der Waals surface area contributed by atoms with E-state index >= 15 is 0 Å². The molecule has 1 aromatic heterocycles. The van der Waals surface area contributed by atoms with Crippen molar-refractivity contribution in [3.05, 3.63) is 106 Å². The second kappa shape index (κ2) is 10.6. The lowest BCUT2D eigenvalue weighted by atomic mass is 10.2. The van der Waals surface area contributed by atoms with Gasteiger partial charge in [0.1, 0.15) is 5.82 Å². The zero-order valence-electron chi connectivity index (χ0n) is 19.3. The lowest BCUT2D eigenvalue weighted by Gasteiger charge is -2.16. The number of non-ortho nitro benzene ring substituents is 1. The van der Waals surface area contributed by atoms with Crippen LogP contribution in [0.15, 0.2) is 82.8 Å². The molecule has 4 aromatic rings. The number of hydrogen-bond acceptors (Lipinski definition) is 7. The molecule has 1 unspecified atom stereocenters. The molecule has 0 saturated carbocycles. The molecule has 9 nitrogen and oxygen atoms in total. The normalized spacial score (nSPS) is 12.4. The molecule has 0 amide bonds. The summed E-state index contributed by atoms with van der Waals surface area (Å²) in [6, 6.07) is 17.5. The Balaban J connectivity index is 1.68. The van der Waals surface area contributed by atoms with Gasteiger partial charge in [-0.2, -0.15) is 0 Å². The van der Waals surface area contributed by atoms with Crippen LogP contribution in [-0.2, 0) is 15.8 Å². The number of nitro groups is 1. The Morgan fingerprint density at radius 2 is 1.78 bits per heavy atom. The number of nitrogens with one attached hydrogen (secondary N) is 1. The number of benzene rings is 3. The van der Waals surface area contributed by atoms with E-state index in [0.29, 0.717) is 22.4 Å². The smallest absolute Gasteiger partial charge is 0.269 e. The van der Waals surface area contributed by atoms with Crippen molar-refractivity contribution in [3.8, 4) is 5.69 Å². The summed E-state index contributed by atoms with van der Waals surface area (Å²) >= 11 is 1.40. The van der Waals surface area contributed by atoms with Gasteiger partial charge < -0.3 is 0 Å². The average Bonchev–Trinajstić information content (AvgIpc) is 3.27. The van der Waals surface area contributed by atoms with Crippen molar-refractivity contribution in [2.45, 2.75) is 35.7 Å². The number of nitrogens with zero attached hydrogens (tertiary/aromatic N) is 4. The minimum atomic E-state index is -3.99. The first-order valence-electron chi connectivity index (χ1n) is 10.8. The van der Waals surface area contributed by atoms with Gasteiger partial charge in [-0.25, -0.2) is 17.5 Å². The summed E-state index contributed by atoms with van der Waals surface area (Å²) < 4.78 is 43.2. The van der Waals surface area contributed by atoms with Gasteiger partial charge in [0.05, 0.1) is 15.9 Å². The van der Waals surface area contributed by atoms with Crippen molar-refractivity contribution < 1.29 is 17.7 Å². The van der Waals surface area contributed by atoms with Crippen LogP contribution >= 0.6 is 11.8 Å². The van der Waals surface area contributed by atoms with Gasteiger partial charge in [0.25, 0.3) is 5.69 Å². The highest BCUT2D eigenvalue weighted by Crippen LogP contribution is 2.29. The van der Waals surface area contributed by atoms with E-state index in [0.717, 1.165) is 23.3 Å². The van der Waals surface area contributed by atoms with Crippen LogP contribution in [0.2, 0.25) is 0 Å². The maximum absolute atomic E-state index is 13.3. The van der Waals surface area contributed by atoms with Crippen LogP contribution in [-0.4, -0.2) is 28.1 Å². The van der Waals surface area contributed by atoms with Gasteiger partial charge in [0.15, 0.2) is 11.0 Å². The second-order valence-corrected chi connectivity index (χ2v) is 10.7. The van der Waals surface area contributed by atoms with E-state index in [1.807, 2.05) is 25.1 Å². The fourth-order valence-corrected chi connectivity index (χ4v) is 5.64. The van der Waals surface area contributed by atoms with Gasteiger partial charge in [-0.05, 0) is 55.8 Å². The zero-order valence-corrected chi connectivity index (χ0v) is 21.0. The Labute approximate surface area is 211 Å². The molecule has 12 heteroatoms. The molecule has 36 heavy (non-hydrogen) atoms. The predicted molar refractivity (Wildman–Crippen MR) is 134 cm³/mol. The van der Waals surface area contributed by atoms with E-state index < -0.39 is 26.8 Å². The maximum atomic E-state index is 13.3. The number of hydrogen-bond donors (Lipinski definition) is 1. The molecule has 1 heterocycles. The monoisotopic (exact) mass is 527 g/mol. The summed E-state index contributed by atoms with van der Waals surface area (Å²) in [5.41, 5.74) is 2.66. The molecule has 3 aromatic carbocycles. The number of nitro benzene ring substituents is 1. The van der Waals surface area contributed by atoms with Gasteiger partial charge in [0.2, 0.25) is 10.0 Å². The Kier molecular flexibility index (Phi) is 7.48. The molecule has 0 radical (unpaired) electrons. The Hall–Kier alpha value is -3.61. The van der Waals surface area contributed by atoms with E-state index in [2.05, 4.69) is 21.0 Å². The molecule has 0 spiro atoms. The van der Waals surface area contributed by atoms with E-state index in [-0.39, 0.29) is 10.6 Å². The molecule has 0 aliphatic heterocycles. The van der Waals surface area contributed by atoms with Crippen LogP contribution in [0.25, 0.3) is 5.69 Å². The summed E-state index contributed by atoms with van der Waals surface area (Å²) in [4.78, 5) is 10.5. The highest BCUT2D eigenvalue weighted by molar-refractivity contribution is 7.98. The molecule has 0 bridgehead atoms. The van der Waals surface area contributed by atoms with Gasteiger partial charge in [-0.3, -0.25) is 14.7 Å². The lowest BCUT2D eigenvalue weighted by molar-refractivity contribution is -0.384. The maximum Gasteiger partial charge on any atom is 0.269 e. The summed E-state index contributed by atoms with van der Waals surface area (Å²) in [5, 5.41) is 20.1. The standard InChI is InChI=1S/C24H22FN5O4S2/c1-16-4-3-5-18(14-16)15-35-24-27-26-23(29(24)20-8-10-21(11-9-20)30(31)32)17(2)28-36(33,34)22-12-6-19(25)7-13-22/h3-14,17,28H,15H2,1-2H3. The first-order valence-corrected chi connectivity index (χ1v) is 13.3. The van der Waals surface area contributed by atoms with Gasteiger partial charge in [-0.15, -0.1) is 10.2 Å². The van der Waals surface area contributed by atoms with Crippen LogP contribution in [0.1, 0.15) is 29.9 Å². The number of halogens is 1. The number of aryl methyl sites for hydroxylation is 1. The molecule has 4 rings (SSSR count). The average molecular weight is 528 g/mol. The quantitative estimate of drug-likeness (QED) is 0.186. The summed E-state index contributed by atoms with van der Waals surface area (Å²) in [6.07, 6.45) is 0. The van der Waals surface area contributed by atoms with E-state index in [4.69, 9.17) is 0 Å². The van der Waals surface area contributed by atoms with Crippen molar-refractivity contribution in [2.75, 3.05) is 0 Å². The van der Waals surface area contributed by atoms with Crippen LogP contribution < -0.4 is 4.72 Å². The van der Waals surface area contributed by atoms with Crippen LogP contribution in [0, 0.1) is 22.9 Å². The molecular formula is C24H22FN5O4S2. The first-order chi connectivity index (χ1) is 17.1. The van der Waals surface area contributed by atoms with Crippen LogP contribution in [0.4, 0.5) is 10.1 Å². The molecule has 1 atom stereocenters. The Morgan fingerprint density at radius 1 is 1.08 bits per heavy atom. The molecule has 1 N–H and O–H groups in total. The molecule has 186 valence electrons. The van der Waals surface area contributed by atoms with E-state index in [9.17, 15) is 22.9 Å². The van der Waals surface area contributed by atoms with E-state index in [1.165, 1.54) is 36.0 Å². The Bertz CT molecular complexity index is 1490. The van der Waals surface area contributed by atoms with E-state index in [1.54, 1.807) is 23.6 Å². The number of sulfonamides is 1. The van der Waals surface area contributed by atoms with Gasteiger partial charge >= 0.3 is 0 Å². The summed E-state index contributed by atoms with van der Waals surface area (Å²) in [6.45, 7) is 3.61. The van der Waals surface area contributed by atoms with Gasteiger partial charge in [-0.1, -0.05) is 41.6 Å². The Morgan fingerprint density at radius 3 is 2.42 bits per heavy atom. The fourth-order valence-electron chi connectivity index (χ4n) is 3.54. The van der Waals surface area contributed by atoms with Crippen molar-refractivity contribution >= 4 is 27.5 Å². The number of rotatable bonds is 9. The largest absolute Gasteiger partial charge is 0.273 e. The molecule has 0 saturated heterocycles. The van der Waals surface area contributed by atoms with Crippen LogP contribution in [0.5, 0.6) is 0 Å². The third-order valence-electron chi connectivity index (χ3n) is 5.27. The fraction of sp³-hybridized carbons (Fsp3) is 0.167. The molecular weight excluding hydrogens is 505 g/mol. The summed E-state index contributed by atoms with van der Waals surface area (Å²) in [5.74, 6) is 0.333. The third kappa shape index (κ3) is 5.78. The topological polar surface area (TPSA) is 120 Å². The van der Waals surface area contributed by atoms with Crippen LogP contribution in [0.3, 0.4) is 0 Å². The lowest BCUT2D eigenvalue weighted by Crippen LogP contribution is -2.28. The molecule has 0 aliphatic rings. The van der Waals surface area contributed by atoms with Gasteiger partial charge in [0, 0.05) is 23.6 Å². The highest BCUT2D eigenvalue weighted by atomic mass is 32.2. The molecule has 0 fully saturated rings. The zero-order chi connectivity index (χ0) is 25.9. The SMILES string of the molecule is Cc1cccc(CSc2nnc(C(C)NS(=O)(=O)c3ccc(F)cc3)n2-c2ccc([N+](=O)[O-])cc2)c1.